The van der Waals surface area contributed by atoms with E-state index in [0.29, 0.717) is 6.61 Å². The Hall–Kier alpha value is -1.32. The lowest BCUT2D eigenvalue weighted by Gasteiger charge is -1.96. The average Bonchev–Trinajstić information content (AvgIpc) is 1.98. The lowest BCUT2D eigenvalue weighted by molar-refractivity contribution is -0.142. The van der Waals surface area contributed by atoms with Crippen LogP contribution in [0.4, 0.5) is 0 Å². The molecule has 1 amide bonds. The molecule has 0 aromatic rings. The minimum atomic E-state index is -0.292. The van der Waals surface area contributed by atoms with Gasteiger partial charge in [-0.3, -0.25) is 9.59 Å². The summed E-state index contributed by atoms with van der Waals surface area (Å²) in [6.07, 6.45) is 3.16. The van der Waals surface area contributed by atoms with Crippen LogP contribution < -0.4 is 5.32 Å². The zero-order valence-electron chi connectivity index (χ0n) is 7.29. The monoisotopic (exact) mass is 171 g/mol. The Bertz CT molecular complexity index is 187. The van der Waals surface area contributed by atoms with Gasteiger partial charge in [0.1, 0.15) is 0 Å². The Kier molecular flexibility index (Phi) is 5.69. The lowest BCUT2D eigenvalue weighted by Crippen LogP contribution is -2.11. The van der Waals surface area contributed by atoms with Crippen molar-refractivity contribution in [1.82, 2.24) is 5.32 Å². The summed E-state index contributed by atoms with van der Waals surface area (Å²) in [5, 5.41) is 2.42. The van der Waals surface area contributed by atoms with Crippen molar-refractivity contribution in [3.63, 3.8) is 0 Å². The van der Waals surface area contributed by atoms with Crippen LogP contribution in [0.2, 0.25) is 0 Å². The number of nitrogens with one attached hydrogen (secondary N) is 1. The van der Waals surface area contributed by atoms with Crippen molar-refractivity contribution in [2.24, 2.45) is 0 Å². The largest absolute Gasteiger partial charge is 0.466 e. The SMILES string of the molecule is CCOC(=O)C/C=C/NC(C)=O. The first-order valence-electron chi connectivity index (χ1n) is 3.74. The van der Waals surface area contributed by atoms with Crippen LogP contribution in [-0.4, -0.2) is 18.5 Å². The molecule has 0 atom stereocenters. The summed E-state index contributed by atoms with van der Waals surface area (Å²) in [5.74, 6) is -0.450. The maximum Gasteiger partial charge on any atom is 0.309 e. The van der Waals surface area contributed by atoms with Gasteiger partial charge in [-0.25, -0.2) is 0 Å². The highest BCUT2D eigenvalue weighted by atomic mass is 16.5. The number of carbonyl (C=O) groups excluding carboxylic acids is 2. The molecule has 0 fully saturated rings. The molecule has 0 aliphatic rings. The number of rotatable bonds is 4. The van der Waals surface area contributed by atoms with E-state index in [1.165, 1.54) is 13.1 Å². The van der Waals surface area contributed by atoms with E-state index in [2.05, 4.69) is 10.1 Å². The topological polar surface area (TPSA) is 55.4 Å². The van der Waals surface area contributed by atoms with Gasteiger partial charge in [0.15, 0.2) is 0 Å². The summed E-state index contributed by atoms with van der Waals surface area (Å²) in [7, 11) is 0. The fraction of sp³-hybridized carbons (Fsp3) is 0.500. The van der Waals surface area contributed by atoms with Crippen LogP contribution in [0, 0.1) is 0 Å². The highest BCUT2D eigenvalue weighted by molar-refractivity contribution is 5.74. The van der Waals surface area contributed by atoms with Crippen LogP contribution in [0.3, 0.4) is 0 Å². The Morgan fingerprint density at radius 2 is 2.17 bits per heavy atom. The Labute approximate surface area is 71.6 Å². The van der Waals surface area contributed by atoms with Crippen molar-refractivity contribution in [3.05, 3.63) is 12.3 Å². The number of carbonyl (C=O) groups is 2. The molecule has 0 saturated carbocycles. The molecule has 0 radical (unpaired) electrons. The van der Waals surface area contributed by atoms with E-state index in [-0.39, 0.29) is 18.3 Å². The summed E-state index contributed by atoms with van der Waals surface area (Å²) in [5.41, 5.74) is 0. The summed E-state index contributed by atoms with van der Waals surface area (Å²) in [4.78, 5) is 21.0. The molecular formula is C8H13NO3. The maximum absolute atomic E-state index is 10.7. The third kappa shape index (κ3) is 6.80. The van der Waals surface area contributed by atoms with Gasteiger partial charge in [-0.05, 0) is 6.92 Å². The normalized spacial score (nSPS) is 9.83. The fourth-order valence-corrected chi connectivity index (χ4v) is 0.551. The van der Waals surface area contributed by atoms with Crippen LogP contribution in [0.15, 0.2) is 12.3 Å². The second kappa shape index (κ2) is 6.39. The van der Waals surface area contributed by atoms with Crippen molar-refractivity contribution >= 4 is 11.9 Å². The number of ether oxygens (including phenoxy) is 1. The third-order valence-electron chi connectivity index (χ3n) is 0.994. The van der Waals surface area contributed by atoms with Gasteiger partial charge in [-0.15, -0.1) is 0 Å². The molecule has 0 bridgehead atoms. The molecule has 12 heavy (non-hydrogen) atoms. The first-order valence-corrected chi connectivity index (χ1v) is 3.74. The van der Waals surface area contributed by atoms with Crippen molar-refractivity contribution in [3.8, 4) is 0 Å². The van der Waals surface area contributed by atoms with Crippen LogP contribution in [0.1, 0.15) is 20.3 Å². The molecule has 0 aromatic carbocycles. The Morgan fingerprint density at radius 1 is 1.50 bits per heavy atom. The van der Waals surface area contributed by atoms with E-state index in [1.54, 1.807) is 13.0 Å². The van der Waals surface area contributed by atoms with Gasteiger partial charge >= 0.3 is 5.97 Å². The molecule has 0 heterocycles. The van der Waals surface area contributed by atoms with Crippen molar-refractivity contribution in [2.45, 2.75) is 20.3 Å². The first-order chi connectivity index (χ1) is 5.66. The standard InChI is InChI=1S/C8H13NO3/c1-3-12-8(11)5-4-6-9-7(2)10/h4,6H,3,5H2,1-2H3,(H,9,10)/b6-4+. The minimum absolute atomic E-state index is 0.157. The number of esters is 1. The average molecular weight is 171 g/mol. The molecular weight excluding hydrogens is 158 g/mol. The molecule has 0 unspecified atom stereocenters. The van der Waals surface area contributed by atoms with Gasteiger partial charge in [0, 0.05) is 13.1 Å². The first kappa shape index (κ1) is 10.7. The van der Waals surface area contributed by atoms with E-state index in [1.807, 2.05) is 0 Å². The van der Waals surface area contributed by atoms with Crippen molar-refractivity contribution < 1.29 is 14.3 Å². The second-order valence-electron chi connectivity index (χ2n) is 2.11. The second-order valence-corrected chi connectivity index (χ2v) is 2.11. The van der Waals surface area contributed by atoms with Gasteiger partial charge in [-0.1, -0.05) is 6.08 Å². The van der Waals surface area contributed by atoms with Crippen molar-refractivity contribution in [2.75, 3.05) is 6.61 Å². The molecule has 68 valence electrons. The molecule has 4 heteroatoms. The predicted molar refractivity (Wildman–Crippen MR) is 44.2 cm³/mol. The summed E-state index contributed by atoms with van der Waals surface area (Å²) < 4.78 is 4.65. The van der Waals surface area contributed by atoms with E-state index >= 15 is 0 Å². The van der Waals surface area contributed by atoms with Gasteiger partial charge < -0.3 is 10.1 Å². The van der Waals surface area contributed by atoms with Crippen LogP contribution in [0.25, 0.3) is 0 Å². The predicted octanol–water partition coefficient (Wildman–Crippen LogP) is 0.589. The molecule has 0 spiro atoms. The number of hydrogen-bond donors (Lipinski definition) is 1. The van der Waals surface area contributed by atoms with Gasteiger partial charge in [0.2, 0.25) is 5.91 Å². The molecule has 1 N–H and O–H groups in total. The molecule has 0 rings (SSSR count). The van der Waals surface area contributed by atoms with Gasteiger partial charge in [0.25, 0.3) is 0 Å². The summed E-state index contributed by atoms with van der Waals surface area (Å²) in [6.45, 7) is 3.52. The van der Waals surface area contributed by atoms with E-state index in [0.717, 1.165) is 0 Å². The minimum Gasteiger partial charge on any atom is -0.466 e. The summed E-state index contributed by atoms with van der Waals surface area (Å²) in [6, 6.07) is 0. The van der Waals surface area contributed by atoms with E-state index in [4.69, 9.17) is 0 Å². The van der Waals surface area contributed by atoms with Crippen molar-refractivity contribution in [1.29, 1.82) is 0 Å². The van der Waals surface area contributed by atoms with Crippen LogP contribution in [-0.2, 0) is 14.3 Å². The Morgan fingerprint density at radius 3 is 2.67 bits per heavy atom. The molecule has 0 aliphatic carbocycles. The maximum atomic E-state index is 10.7. The zero-order valence-corrected chi connectivity index (χ0v) is 7.29. The smallest absolute Gasteiger partial charge is 0.309 e. The van der Waals surface area contributed by atoms with Crippen LogP contribution in [0.5, 0.6) is 0 Å². The number of amides is 1. The number of hydrogen-bond acceptors (Lipinski definition) is 3. The quantitative estimate of drug-likeness (QED) is 0.630. The summed E-state index contributed by atoms with van der Waals surface area (Å²) >= 11 is 0. The third-order valence-corrected chi connectivity index (χ3v) is 0.994. The molecule has 4 nitrogen and oxygen atoms in total. The Balaban J connectivity index is 3.46. The lowest BCUT2D eigenvalue weighted by atomic mass is 10.4. The fourth-order valence-electron chi connectivity index (χ4n) is 0.551. The zero-order chi connectivity index (χ0) is 9.40. The molecule has 0 aliphatic heterocycles. The van der Waals surface area contributed by atoms with Gasteiger partial charge in [-0.2, -0.15) is 0 Å². The van der Waals surface area contributed by atoms with E-state index < -0.39 is 0 Å². The van der Waals surface area contributed by atoms with E-state index in [9.17, 15) is 9.59 Å². The van der Waals surface area contributed by atoms with Gasteiger partial charge in [0.05, 0.1) is 13.0 Å². The van der Waals surface area contributed by atoms with Crippen LogP contribution >= 0.6 is 0 Å². The highest BCUT2D eigenvalue weighted by Gasteiger charge is 1.95. The highest BCUT2D eigenvalue weighted by Crippen LogP contribution is 1.86. The molecule has 0 saturated heterocycles. The molecule has 0 aromatic heterocycles.